The molecule has 3 rings (SSSR count). The van der Waals surface area contributed by atoms with Crippen LogP contribution in [0, 0.1) is 25.2 Å². The lowest BCUT2D eigenvalue weighted by molar-refractivity contribution is -0.122. The third-order valence-electron chi connectivity index (χ3n) is 3.99. The van der Waals surface area contributed by atoms with Gasteiger partial charge in [0, 0.05) is 5.69 Å². The number of pyridine rings is 1. The molecule has 0 aliphatic rings. The van der Waals surface area contributed by atoms with E-state index in [2.05, 4.69) is 14.8 Å². The molecule has 10 nitrogen and oxygen atoms in total. The van der Waals surface area contributed by atoms with Crippen LogP contribution in [0.5, 0.6) is 0 Å². The van der Waals surface area contributed by atoms with Gasteiger partial charge in [0.2, 0.25) is 10.0 Å². The van der Waals surface area contributed by atoms with Crippen molar-refractivity contribution >= 4 is 22.2 Å². The van der Waals surface area contributed by atoms with Gasteiger partial charge in [-0.25, -0.2) is 18.1 Å². The van der Waals surface area contributed by atoms with Crippen LogP contribution in [0.4, 0.5) is 5.69 Å². The van der Waals surface area contributed by atoms with E-state index >= 15 is 0 Å². The summed E-state index contributed by atoms with van der Waals surface area (Å²) in [4.78, 5) is 25.4. The molecule has 1 aromatic carbocycles. The topological polar surface area (TPSA) is 158 Å². The van der Waals surface area contributed by atoms with Gasteiger partial charge >= 0.3 is 0 Å². The van der Waals surface area contributed by atoms with Crippen LogP contribution in [-0.2, 0) is 14.8 Å². The van der Waals surface area contributed by atoms with E-state index in [1.807, 2.05) is 6.07 Å². The fourth-order valence-electron chi connectivity index (χ4n) is 2.73. The van der Waals surface area contributed by atoms with Crippen LogP contribution in [0.3, 0.4) is 0 Å². The molecule has 3 aromatic rings. The average molecular weight is 429 g/mol. The van der Waals surface area contributed by atoms with E-state index < -0.39 is 10.0 Å². The first-order valence-corrected chi connectivity index (χ1v) is 10.3. The molecule has 0 amide bonds. The van der Waals surface area contributed by atoms with Crippen molar-refractivity contribution in [2.75, 3.05) is 11.0 Å². The van der Waals surface area contributed by atoms with Gasteiger partial charge in [0.15, 0.2) is 5.82 Å². The number of hydrogen-bond donors (Lipinski definition) is 3. The number of anilines is 1. The molecule has 0 saturated heterocycles. The maximum Gasteiger partial charge on any atom is 0.290 e. The van der Waals surface area contributed by atoms with Gasteiger partial charge in [-0.15, -0.1) is 0 Å². The molecule has 0 saturated carbocycles. The highest BCUT2D eigenvalue weighted by Crippen LogP contribution is 2.21. The fourth-order valence-corrected chi connectivity index (χ4v) is 3.34. The SMILES string of the molecule is Cc1cc(-n2[nH]c(C)c(-c3ccc(C#N)cc3)c2=O)ncc1NS(C)(=O)=O.O=CO. The first-order valence-electron chi connectivity index (χ1n) is 8.46. The molecule has 2 heterocycles. The summed E-state index contributed by atoms with van der Waals surface area (Å²) in [5.74, 6) is 0.347. The predicted molar refractivity (Wildman–Crippen MR) is 111 cm³/mol. The zero-order valence-corrected chi connectivity index (χ0v) is 17.2. The summed E-state index contributed by atoms with van der Waals surface area (Å²) in [5.41, 5.74) is 3.04. The van der Waals surface area contributed by atoms with E-state index in [-0.39, 0.29) is 12.0 Å². The minimum Gasteiger partial charge on any atom is -0.483 e. The third-order valence-corrected chi connectivity index (χ3v) is 4.59. The molecule has 3 N–H and O–H groups in total. The number of nitriles is 1. The first kappa shape index (κ1) is 22.4. The monoisotopic (exact) mass is 429 g/mol. The number of hydrogen-bond acceptors (Lipinski definition) is 6. The molecule has 11 heteroatoms. The van der Waals surface area contributed by atoms with Crippen LogP contribution in [0.2, 0.25) is 0 Å². The lowest BCUT2D eigenvalue weighted by Gasteiger charge is -2.09. The second-order valence-corrected chi connectivity index (χ2v) is 8.03. The maximum absolute atomic E-state index is 12.9. The Kier molecular flexibility index (Phi) is 6.76. The number of H-pyrrole nitrogens is 1. The zero-order valence-electron chi connectivity index (χ0n) is 16.4. The number of nitrogens with one attached hydrogen (secondary N) is 2. The number of nitrogens with zero attached hydrogens (tertiary/aromatic N) is 3. The molecular formula is C19H19N5O5S. The van der Waals surface area contributed by atoms with Crippen molar-refractivity contribution in [3.63, 3.8) is 0 Å². The molecule has 30 heavy (non-hydrogen) atoms. The Hall–Kier alpha value is -3.91. The molecule has 2 aromatic heterocycles. The quantitative estimate of drug-likeness (QED) is 0.533. The Labute approximate surface area is 172 Å². The summed E-state index contributed by atoms with van der Waals surface area (Å²) in [5, 5.41) is 18.8. The lowest BCUT2D eigenvalue weighted by Crippen LogP contribution is -2.18. The van der Waals surface area contributed by atoms with E-state index in [0.29, 0.717) is 39.5 Å². The van der Waals surface area contributed by atoms with Gasteiger partial charge in [0.25, 0.3) is 12.0 Å². The van der Waals surface area contributed by atoms with Crippen LogP contribution in [-0.4, -0.2) is 41.0 Å². The minimum atomic E-state index is -3.42. The molecular weight excluding hydrogens is 410 g/mol. The number of aromatic nitrogens is 3. The summed E-state index contributed by atoms with van der Waals surface area (Å²) < 4.78 is 26.5. The van der Waals surface area contributed by atoms with Gasteiger partial charge in [-0.2, -0.15) is 5.26 Å². The molecule has 0 fully saturated rings. The number of sulfonamides is 1. The largest absolute Gasteiger partial charge is 0.483 e. The van der Waals surface area contributed by atoms with E-state index in [9.17, 15) is 13.2 Å². The number of carboxylic acid groups (broad SMARTS) is 1. The minimum absolute atomic E-state index is 0.250. The zero-order chi connectivity index (χ0) is 22.5. The summed E-state index contributed by atoms with van der Waals surface area (Å²) >= 11 is 0. The van der Waals surface area contributed by atoms with Crippen LogP contribution in [0.25, 0.3) is 16.9 Å². The van der Waals surface area contributed by atoms with E-state index in [4.69, 9.17) is 15.2 Å². The Morgan fingerprint density at radius 1 is 1.27 bits per heavy atom. The van der Waals surface area contributed by atoms with Gasteiger partial charge in [0.05, 0.1) is 35.3 Å². The van der Waals surface area contributed by atoms with E-state index in [0.717, 1.165) is 6.26 Å². The van der Waals surface area contributed by atoms with E-state index in [1.165, 1.54) is 10.9 Å². The van der Waals surface area contributed by atoms with E-state index in [1.54, 1.807) is 44.2 Å². The van der Waals surface area contributed by atoms with Crippen LogP contribution < -0.4 is 10.3 Å². The Morgan fingerprint density at radius 3 is 2.37 bits per heavy atom. The predicted octanol–water partition coefficient (Wildman–Crippen LogP) is 1.79. The van der Waals surface area contributed by atoms with Gasteiger partial charge in [0.1, 0.15) is 0 Å². The number of aryl methyl sites for hydroxylation is 2. The molecule has 156 valence electrons. The standard InChI is InChI=1S/C18H17N5O3S.CH2O2/c1-11-8-16(20-10-15(11)22-27(3,25)26)23-18(24)17(12(2)21-23)14-6-4-13(9-19)5-7-14;2-1-3/h4-8,10,21-22H,1-3H3;1H,(H,2,3). The highest BCUT2D eigenvalue weighted by atomic mass is 32.2. The highest BCUT2D eigenvalue weighted by molar-refractivity contribution is 7.92. The van der Waals surface area contributed by atoms with Gasteiger partial charge in [-0.05, 0) is 43.2 Å². The van der Waals surface area contributed by atoms with Crippen molar-refractivity contribution in [1.29, 1.82) is 5.26 Å². The number of rotatable bonds is 4. The van der Waals surface area contributed by atoms with Gasteiger partial charge in [-0.3, -0.25) is 19.4 Å². The molecule has 0 spiro atoms. The summed E-state index contributed by atoms with van der Waals surface area (Å²) in [6, 6.07) is 10.4. The molecule has 0 radical (unpaired) electrons. The molecule has 0 aliphatic heterocycles. The Balaban J connectivity index is 0.00000101. The normalized spacial score (nSPS) is 10.5. The van der Waals surface area contributed by atoms with Crippen molar-refractivity contribution in [2.45, 2.75) is 13.8 Å². The smallest absolute Gasteiger partial charge is 0.290 e. The Morgan fingerprint density at radius 2 is 1.87 bits per heavy atom. The average Bonchev–Trinajstić information content (AvgIpc) is 2.97. The van der Waals surface area contributed by atoms with Gasteiger partial charge < -0.3 is 5.11 Å². The van der Waals surface area contributed by atoms with Crippen molar-refractivity contribution in [3.05, 3.63) is 63.7 Å². The first-order chi connectivity index (χ1) is 14.1. The lowest BCUT2D eigenvalue weighted by atomic mass is 10.1. The fraction of sp³-hybridized carbons (Fsp3) is 0.158. The second kappa shape index (κ2) is 9.06. The molecule has 0 atom stereocenters. The molecule has 0 aliphatic carbocycles. The Bertz CT molecular complexity index is 1270. The van der Waals surface area contributed by atoms with Gasteiger partial charge in [-0.1, -0.05) is 12.1 Å². The maximum atomic E-state index is 12.9. The highest BCUT2D eigenvalue weighted by Gasteiger charge is 2.16. The third kappa shape index (κ3) is 5.12. The van der Waals surface area contributed by atoms with Crippen LogP contribution in [0.15, 0.2) is 41.3 Å². The summed E-state index contributed by atoms with van der Waals surface area (Å²) in [7, 11) is -3.42. The van der Waals surface area contributed by atoms with Crippen molar-refractivity contribution in [3.8, 4) is 23.0 Å². The number of benzene rings is 1. The van der Waals surface area contributed by atoms with Crippen LogP contribution in [0.1, 0.15) is 16.8 Å². The van der Waals surface area contributed by atoms with Crippen molar-refractivity contribution < 1.29 is 18.3 Å². The van der Waals surface area contributed by atoms with Crippen molar-refractivity contribution in [2.24, 2.45) is 0 Å². The summed E-state index contributed by atoms with van der Waals surface area (Å²) in [6.45, 7) is 3.25. The second-order valence-electron chi connectivity index (χ2n) is 6.28. The number of carbonyl (C=O) groups is 1. The van der Waals surface area contributed by atoms with Crippen LogP contribution >= 0.6 is 0 Å². The molecule has 0 bridgehead atoms. The summed E-state index contributed by atoms with van der Waals surface area (Å²) in [6.07, 6.45) is 2.43. The van der Waals surface area contributed by atoms with Crippen molar-refractivity contribution in [1.82, 2.24) is 14.8 Å². The number of aromatic amines is 1. The molecule has 0 unspecified atom stereocenters.